The normalized spacial score (nSPS) is 10.7. The number of amides is 1. The van der Waals surface area contributed by atoms with Crippen molar-refractivity contribution in [3.05, 3.63) is 106 Å². The van der Waals surface area contributed by atoms with Crippen LogP contribution < -0.4 is 10.1 Å². The highest BCUT2D eigenvalue weighted by molar-refractivity contribution is 6.35. The SMILES string of the molecule is Cc1nc(Oc2ccccc2)nc(-c2cc(Cl)cc(Cl)c2)c1C(=O)NCCCc1ccccc1. The highest BCUT2D eigenvalue weighted by Crippen LogP contribution is 2.31. The molecule has 7 heteroatoms. The number of halogens is 2. The fraction of sp³-hybridized carbons (Fsp3) is 0.148. The molecule has 5 nitrogen and oxygen atoms in total. The molecule has 0 atom stereocenters. The predicted octanol–water partition coefficient (Wildman–Crippen LogP) is 6.91. The van der Waals surface area contributed by atoms with Gasteiger partial charge >= 0.3 is 6.01 Å². The van der Waals surface area contributed by atoms with E-state index >= 15 is 0 Å². The zero-order valence-electron chi connectivity index (χ0n) is 18.6. The molecule has 0 fully saturated rings. The van der Waals surface area contributed by atoms with E-state index < -0.39 is 0 Å². The smallest absolute Gasteiger partial charge is 0.322 e. The van der Waals surface area contributed by atoms with Crippen LogP contribution in [0.25, 0.3) is 11.3 Å². The zero-order valence-corrected chi connectivity index (χ0v) is 20.1. The van der Waals surface area contributed by atoms with Gasteiger partial charge in [-0.15, -0.1) is 0 Å². The molecule has 1 heterocycles. The maximum atomic E-state index is 13.2. The third-order valence-corrected chi connectivity index (χ3v) is 5.59. The Balaban J connectivity index is 1.61. The number of rotatable bonds is 8. The molecule has 1 aromatic heterocycles. The Morgan fingerprint density at radius 2 is 1.56 bits per heavy atom. The van der Waals surface area contributed by atoms with Gasteiger partial charge in [0.25, 0.3) is 5.91 Å². The van der Waals surface area contributed by atoms with Gasteiger partial charge in [0, 0.05) is 22.2 Å². The maximum Gasteiger partial charge on any atom is 0.322 e. The van der Waals surface area contributed by atoms with Crippen molar-refractivity contribution in [2.75, 3.05) is 6.54 Å². The van der Waals surface area contributed by atoms with Crippen molar-refractivity contribution in [1.29, 1.82) is 0 Å². The van der Waals surface area contributed by atoms with Crippen LogP contribution in [0.4, 0.5) is 0 Å². The Morgan fingerprint density at radius 1 is 0.912 bits per heavy atom. The second kappa shape index (κ2) is 11.1. The van der Waals surface area contributed by atoms with E-state index in [0.29, 0.717) is 44.9 Å². The summed E-state index contributed by atoms with van der Waals surface area (Å²) < 4.78 is 5.84. The van der Waals surface area contributed by atoms with E-state index in [1.807, 2.05) is 48.5 Å². The molecule has 1 amide bonds. The highest BCUT2D eigenvalue weighted by Gasteiger charge is 2.21. The molecule has 0 aliphatic carbocycles. The minimum atomic E-state index is -0.261. The summed E-state index contributed by atoms with van der Waals surface area (Å²) in [6.45, 7) is 2.28. The lowest BCUT2D eigenvalue weighted by Crippen LogP contribution is -2.27. The molecule has 172 valence electrons. The Hall–Kier alpha value is -3.41. The summed E-state index contributed by atoms with van der Waals surface area (Å²) in [6.07, 6.45) is 1.68. The fourth-order valence-electron chi connectivity index (χ4n) is 3.59. The quantitative estimate of drug-likeness (QED) is 0.272. The van der Waals surface area contributed by atoms with Crippen LogP contribution in [0.1, 0.15) is 28.0 Å². The van der Waals surface area contributed by atoms with Gasteiger partial charge in [0.1, 0.15) is 5.75 Å². The summed E-state index contributed by atoms with van der Waals surface area (Å²) in [5, 5.41) is 3.88. The monoisotopic (exact) mass is 491 g/mol. The van der Waals surface area contributed by atoms with Crippen molar-refractivity contribution in [3.63, 3.8) is 0 Å². The lowest BCUT2D eigenvalue weighted by Gasteiger charge is -2.14. The number of ether oxygens (including phenoxy) is 1. The molecule has 1 N–H and O–H groups in total. The molecular weight excluding hydrogens is 469 g/mol. The summed E-state index contributed by atoms with van der Waals surface area (Å²) in [5.74, 6) is 0.331. The van der Waals surface area contributed by atoms with Crippen molar-refractivity contribution >= 4 is 29.1 Å². The van der Waals surface area contributed by atoms with Crippen LogP contribution in [-0.2, 0) is 6.42 Å². The van der Waals surface area contributed by atoms with Crippen molar-refractivity contribution in [2.45, 2.75) is 19.8 Å². The van der Waals surface area contributed by atoms with E-state index in [2.05, 4.69) is 27.4 Å². The van der Waals surface area contributed by atoms with Gasteiger partial charge < -0.3 is 10.1 Å². The first-order valence-electron chi connectivity index (χ1n) is 10.9. The average molecular weight is 492 g/mol. The largest absolute Gasteiger partial charge is 0.424 e. The first-order valence-corrected chi connectivity index (χ1v) is 11.7. The average Bonchev–Trinajstić information content (AvgIpc) is 2.82. The number of para-hydroxylation sites is 1. The molecular formula is C27H23Cl2N3O2. The summed E-state index contributed by atoms with van der Waals surface area (Å²) in [4.78, 5) is 22.2. The minimum Gasteiger partial charge on any atom is -0.424 e. The van der Waals surface area contributed by atoms with E-state index in [9.17, 15) is 4.79 Å². The fourth-order valence-corrected chi connectivity index (χ4v) is 4.11. The Labute approximate surface area is 208 Å². The van der Waals surface area contributed by atoms with Gasteiger partial charge in [-0.3, -0.25) is 4.79 Å². The Bertz CT molecular complexity index is 1260. The summed E-state index contributed by atoms with van der Waals surface area (Å²) in [6, 6.07) is 24.6. The summed E-state index contributed by atoms with van der Waals surface area (Å²) in [7, 11) is 0. The second-order valence-electron chi connectivity index (χ2n) is 7.73. The molecule has 0 spiro atoms. The van der Waals surface area contributed by atoms with Crippen LogP contribution >= 0.6 is 23.2 Å². The van der Waals surface area contributed by atoms with E-state index in [0.717, 1.165) is 12.8 Å². The number of hydrogen-bond donors (Lipinski definition) is 1. The number of carbonyl (C=O) groups is 1. The zero-order chi connectivity index (χ0) is 23.9. The van der Waals surface area contributed by atoms with Gasteiger partial charge in [-0.1, -0.05) is 71.7 Å². The van der Waals surface area contributed by atoms with Gasteiger partial charge in [-0.05, 0) is 55.7 Å². The second-order valence-corrected chi connectivity index (χ2v) is 8.61. The van der Waals surface area contributed by atoms with Crippen molar-refractivity contribution < 1.29 is 9.53 Å². The van der Waals surface area contributed by atoms with Crippen LogP contribution in [0, 0.1) is 6.92 Å². The van der Waals surface area contributed by atoms with Crippen molar-refractivity contribution in [2.24, 2.45) is 0 Å². The van der Waals surface area contributed by atoms with Crippen LogP contribution in [0.2, 0.25) is 10.0 Å². The molecule has 0 aliphatic heterocycles. The number of nitrogens with zero attached hydrogens (tertiary/aromatic N) is 2. The van der Waals surface area contributed by atoms with Crippen molar-refractivity contribution in [3.8, 4) is 23.0 Å². The van der Waals surface area contributed by atoms with Gasteiger partial charge in [0.15, 0.2) is 0 Å². The number of benzene rings is 3. The molecule has 0 saturated carbocycles. The van der Waals surface area contributed by atoms with Gasteiger partial charge in [-0.25, -0.2) is 0 Å². The minimum absolute atomic E-state index is 0.135. The predicted molar refractivity (Wildman–Crippen MR) is 136 cm³/mol. The van der Waals surface area contributed by atoms with Gasteiger partial charge in [-0.2, -0.15) is 9.97 Å². The first-order chi connectivity index (χ1) is 16.5. The third kappa shape index (κ3) is 6.13. The summed E-state index contributed by atoms with van der Waals surface area (Å²) >= 11 is 12.5. The first kappa shape index (κ1) is 23.7. The Morgan fingerprint density at radius 3 is 2.24 bits per heavy atom. The highest BCUT2D eigenvalue weighted by atomic mass is 35.5. The number of aromatic nitrogens is 2. The van der Waals surface area contributed by atoms with Crippen LogP contribution in [-0.4, -0.2) is 22.4 Å². The molecule has 0 radical (unpaired) electrons. The van der Waals surface area contributed by atoms with Gasteiger partial charge in [0.05, 0.1) is 17.0 Å². The number of carbonyl (C=O) groups excluding carboxylic acids is 1. The van der Waals surface area contributed by atoms with Crippen molar-refractivity contribution in [1.82, 2.24) is 15.3 Å². The number of aryl methyl sites for hydroxylation is 2. The maximum absolute atomic E-state index is 13.2. The van der Waals surface area contributed by atoms with E-state index in [1.54, 1.807) is 25.1 Å². The molecule has 34 heavy (non-hydrogen) atoms. The molecule has 0 aliphatic rings. The number of nitrogens with one attached hydrogen (secondary N) is 1. The molecule has 0 saturated heterocycles. The van der Waals surface area contributed by atoms with E-state index in [4.69, 9.17) is 27.9 Å². The van der Waals surface area contributed by atoms with Crippen LogP contribution in [0.3, 0.4) is 0 Å². The third-order valence-electron chi connectivity index (χ3n) is 5.16. The lowest BCUT2D eigenvalue weighted by molar-refractivity contribution is 0.0952. The van der Waals surface area contributed by atoms with E-state index in [-0.39, 0.29) is 11.9 Å². The molecule has 0 unspecified atom stereocenters. The van der Waals surface area contributed by atoms with Crippen LogP contribution in [0.15, 0.2) is 78.9 Å². The van der Waals surface area contributed by atoms with E-state index in [1.165, 1.54) is 5.56 Å². The Kier molecular flexibility index (Phi) is 7.78. The molecule has 3 aromatic carbocycles. The summed E-state index contributed by atoms with van der Waals surface area (Å²) in [5.41, 5.74) is 3.10. The molecule has 4 rings (SSSR count). The topological polar surface area (TPSA) is 64.1 Å². The van der Waals surface area contributed by atoms with Gasteiger partial charge in [0.2, 0.25) is 0 Å². The molecule has 4 aromatic rings. The number of hydrogen-bond acceptors (Lipinski definition) is 4. The standard InChI is InChI=1S/C27H23Cl2N3O2/c1-18-24(26(33)30-14-8-11-19-9-4-2-5-10-19)25(20-15-21(28)17-22(29)16-20)32-27(31-18)34-23-12-6-3-7-13-23/h2-7,9-10,12-13,15-17H,8,11,14H2,1H3,(H,30,33). The molecule has 0 bridgehead atoms. The van der Waals surface area contributed by atoms with Crippen LogP contribution in [0.5, 0.6) is 11.8 Å². The lowest BCUT2D eigenvalue weighted by atomic mass is 10.0.